The Kier molecular flexibility index (Phi) is 3.83. The lowest BCUT2D eigenvalue weighted by Gasteiger charge is -1.98. The van der Waals surface area contributed by atoms with Crippen LogP contribution in [0.5, 0.6) is 0 Å². The molecule has 120 valence electrons. The van der Waals surface area contributed by atoms with Crippen molar-refractivity contribution < 1.29 is 13.9 Å². The van der Waals surface area contributed by atoms with Gasteiger partial charge in [-0.05, 0) is 24.3 Å². The third kappa shape index (κ3) is 2.93. The van der Waals surface area contributed by atoms with Crippen molar-refractivity contribution in [3.63, 3.8) is 0 Å². The minimum atomic E-state index is -0.414. The summed E-state index contributed by atoms with van der Waals surface area (Å²) < 4.78 is 11.5. The standard InChI is InChI=1S/C16H11N3O3S2/c1-9-18-19-14(22-9)8-21-16(20)13-7-6-12(23-13)15-17-10-4-2-3-5-11(10)24-15/h2-7H,8H2,1H3. The van der Waals surface area contributed by atoms with Gasteiger partial charge in [-0.2, -0.15) is 0 Å². The number of hydrogen-bond acceptors (Lipinski definition) is 8. The van der Waals surface area contributed by atoms with Crippen LogP contribution < -0.4 is 0 Å². The topological polar surface area (TPSA) is 78.1 Å². The van der Waals surface area contributed by atoms with Crippen LogP contribution in [0.25, 0.3) is 20.1 Å². The number of aromatic nitrogens is 3. The number of fused-ring (bicyclic) bond motifs is 1. The predicted molar refractivity (Wildman–Crippen MR) is 91.1 cm³/mol. The number of nitrogens with zero attached hydrogens (tertiary/aromatic N) is 3. The lowest BCUT2D eigenvalue weighted by atomic mass is 10.3. The molecule has 0 aliphatic heterocycles. The van der Waals surface area contributed by atoms with E-state index in [2.05, 4.69) is 15.2 Å². The summed E-state index contributed by atoms with van der Waals surface area (Å²) in [6.45, 7) is 1.65. The van der Waals surface area contributed by atoms with Gasteiger partial charge in [0, 0.05) is 6.92 Å². The number of para-hydroxylation sites is 1. The average Bonchev–Trinajstić information content (AvgIpc) is 3.31. The molecule has 0 N–H and O–H groups in total. The summed E-state index contributed by atoms with van der Waals surface area (Å²) in [5, 5.41) is 8.38. The van der Waals surface area contributed by atoms with E-state index < -0.39 is 5.97 Å². The number of carbonyl (C=O) groups excluding carboxylic acids is 1. The summed E-state index contributed by atoms with van der Waals surface area (Å²) in [5.74, 6) is 0.308. The first-order valence-corrected chi connectivity index (χ1v) is 8.74. The summed E-state index contributed by atoms with van der Waals surface area (Å²) in [5.41, 5.74) is 0.960. The Bertz CT molecular complexity index is 985. The molecule has 8 heteroatoms. The molecule has 24 heavy (non-hydrogen) atoms. The minimum absolute atomic E-state index is 0.0337. The molecule has 0 fully saturated rings. The zero-order valence-corrected chi connectivity index (χ0v) is 14.2. The minimum Gasteiger partial charge on any atom is -0.451 e. The molecule has 0 spiro atoms. The fourth-order valence-electron chi connectivity index (χ4n) is 2.13. The number of thiazole rings is 1. The lowest BCUT2D eigenvalue weighted by Crippen LogP contribution is -2.03. The first kappa shape index (κ1) is 15.0. The summed E-state index contributed by atoms with van der Waals surface area (Å²) >= 11 is 2.96. The molecular formula is C16H11N3O3S2. The van der Waals surface area contributed by atoms with Crippen LogP contribution in [0.1, 0.15) is 21.5 Å². The van der Waals surface area contributed by atoms with E-state index in [1.165, 1.54) is 11.3 Å². The van der Waals surface area contributed by atoms with Crippen molar-refractivity contribution in [2.75, 3.05) is 0 Å². The van der Waals surface area contributed by atoms with E-state index in [0.717, 1.165) is 20.1 Å². The number of hydrogen-bond donors (Lipinski definition) is 0. The molecule has 0 saturated carbocycles. The van der Waals surface area contributed by atoms with E-state index >= 15 is 0 Å². The molecule has 0 amide bonds. The van der Waals surface area contributed by atoms with Crippen LogP contribution in [0.3, 0.4) is 0 Å². The Morgan fingerprint density at radius 3 is 2.83 bits per heavy atom. The van der Waals surface area contributed by atoms with Crippen molar-refractivity contribution in [2.45, 2.75) is 13.5 Å². The largest absolute Gasteiger partial charge is 0.451 e. The van der Waals surface area contributed by atoms with Gasteiger partial charge >= 0.3 is 5.97 Å². The Balaban J connectivity index is 1.50. The second-order valence-corrected chi connectivity index (χ2v) is 7.06. The number of carbonyl (C=O) groups is 1. The summed E-state index contributed by atoms with van der Waals surface area (Å²) in [6.07, 6.45) is 0. The molecule has 0 unspecified atom stereocenters. The first-order chi connectivity index (χ1) is 11.7. The van der Waals surface area contributed by atoms with Gasteiger partial charge in [-0.1, -0.05) is 12.1 Å². The quantitative estimate of drug-likeness (QED) is 0.512. The smallest absolute Gasteiger partial charge is 0.348 e. The molecule has 0 aliphatic rings. The van der Waals surface area contributed by atoms with Gasteiger partial charge in [0.1, 0.15) is 9.88 Å². The van der Waals surface area contributed by atoms with Crippen molar-refractivity contribution in [1.29, 1.82) is 0 Å². The highest BCUT2D eigenvalue weighted by molar-refractivity contribution is 7.26. The first-order valence-electron chi connectivity index (χ1n) is 7.11. The molecule has 3 heterocycles. The predicted octanol–water partition coefficient (Wildman–Crippen LogP) is 4.07. The molecular weight excluding hydrogens is 346 g/mol. The van der Waals surface area contributed by atoms with E-state index in [0.29, 0.717) is 10.8 Å². The third-order valence-corrected chi connectivity index (χ3v) is 5.48. The Hall–Kier alpha value is -2.58. The van der Waals surface area contributed by atoms with Gasteiger partial charge in [-0.25, -0.2) is 9.78 Å². The van der Waals surface area contributed by atoms with E-state index in [1.807, 2.05) is 30.3 Å². The normalized spacial score (nSPS) is 11.0. The number of benzene rings is 1. The number of thiophene rings is 1. The van der Waals surface area contributed by atoms with Crippen molar-refractivity contribution >= 4 is 38.9 Å². The van der Waals surface area contributed by atoms with Gasteiger partial charge in [0.25, 0.3) is 5.89 Å². The van der Waals surface area contributed by atoms with E-state index in [9.17, 15) is 4.79 Å². The fraction of sp³-hybridized carbons (Fsp3) is 0.125. The highest BCUT2D eigenvalue weighted by Gasteiger charge is 2.15. The van der Waals surface area contributed by atoms with E-state index in [-0.39, 0.29) is 12.5 Å². The van der Waals surface area contributed by atoms with Crippen LogP contribution in [0.4, 0.5) is 0 Å². The van der Waals surface area contributed by atoms with Gasteiger partial charge in [0.05, 0.1) is 15.1 Å². The molecule has 4 rings (SSSR count). The molecule has 0 atom stereocenters. The molecule has 3 aromatic heterocycles. The highest BCUT2D eigenvalue weighted by atomic mass is 32.1. The van der Waals surface area contributed by atoms with Crippen LogP contribution in [0.15, 0.2) is 40.8 Å². The van der Waals surface area contributed by atoms with Crippen LogP contribution in [-0.4, -0.2) is 21.2 Å². The molecule has 0 aliphatic carbocycles. The Morgan fingerprint density at radius 2 is 2.04 bits per heavy atom. The molecule has 0 radical (unpaired) electrons. The van der Waals surface area contributed by atoms with Gasteiger partial charge in [-0.3, -0.25) is 0 Å². The molecule has 0 saturated heterocycles. The summed E-state index contributed by atoms with van der Waals surface area (Å²) in [7, 11) is 0. The zero-order chi connectivity index (χ0) is 16.5. The lowest BCUT2D eigenvalue weighted by molar-refractivity contribution is 0.0442. The monoisotopic (exact) mass is 357 g/mol. The van der Waals surface area contributed by atoms with Crippen LogP contribution in [0.2, 0.25) is 0 Å². The highest BCUT2D eigenvalue weighted by Crippen LogP contribution is 2.34. The SMILES string of the molecule is Cc1nnc(COC(=O)c2ccc(-c3nc4ccccc4s3)s2)o1. The Labute approximate surface area is 144 Å². The van der Waals surface area contributed by atoms with Gasteiger partial charge in [0.2, 0.25) is 5.89 Å². The molecule has 0 bridgehead atoms. The van der Waals surface area contributed by atoms with E-state index in [1.54, 1.807) is 24.3 Å². The number of esters is 1. The Morgan fingerprint density at radius 1 is 1.17 bits per heavy atom. The van der Waals surface area contributed by atoms with Crippen molar-refractivity contribution in [3.05, 3.63) is 53.1 Å². The zero-order valence-electron chi connectivity index (χ0n) is 12.6. The maximum Gasteiger partial charge on any atom is 0.348 e. The molecule has 6 nitrogen and oxygen atoms in total. The summed E-state index contributed by atoms with van der Waals surface area (Å²) in [6, 6.07) is 11.6. The van der Waals surface area contributed by atoms with Gasteiger partial charge < -0.3 is 9.15 Å². The van der Waals surface area contributed by atoms with Crippen LogP contribution in [-0.2, 0) is 11.3 Å². The number of rotatable bonds is 4. The van der Waals surface area contributed by atoms with Gasteiger partial charge in [0.15, 0.2) is 6.61 Å². The fourth-order valence-corrected chi connectivity index (χ4v) is 4.05. The van der Waals surface area contributed by atoms with Gasteiger partial charge in [-0.15, -0.1) is 32.9 Å². The van der Waals surface area contributed by atoms with Crippen molar-refractivity contribution in [1.82, 2.24) is 15.2 Å². The molecule has 4 aromatic rings. The number of ether oxygens (including phenoxy) is 1. The van der Waals surface area contributed by atoms with Crippen LogP contribution >= 0.6 is 22.7 Å². The summed E-state index contributed by atoms with van der Waals surface area (Å²) in [4.78, 5) is 18.2. The maximum absolute atomic E-state index is 12.1. The molecule has 1 aromatic carbocycles. The van der Waals surface area contributed by atoms with Crippen molar-refractivity contribution in [3.8, 4) is 9.88 Å². The number of aryl methyl sites for hydroxylation is 1. The third-order valence-electron chi connectivity index (χ3n) is 3.21. The van der Waals surface area contributed by atoms with Crippen molar-refractivity contribution in [2.24, 2.45) is 0 Å². The second-order valence-electron chi connectivity index (χ2n) is 4.94. The van der Waals surface area contributed by atoms with Crippen LogP contribution in [0, 0.1) is 6.92 Å². The average molecular weight is 357 g/mol. The second kappa shape index (κ2) is 6.14. The van der Waals surface area contributed by atoms with E-state index in [4.69, 9.17) is 9.15 Å². The maximum atomic E-state index is 12.1.